The van der Waals surface area contributed by atoms with E-state index in [9.17, 15) is 0 Å². The molecule has 0 saturated heterocycles. The van der Waals surface area contributed by atoms with Gasteiger partial charge in [-0.3, -0.25) is 0 Å². The monoisotopic (exact) mass is 212 g/mol. The Bertz CT molecular complexity index is 248. The molecule has 0 aliphatic heterocycles. The molecule has 1 atom stereocenters. The molecule has 1 rings (SSSR count). The van der Waals surface area contributed by atoms with Crippen molar-refractivity contribution in [2.75, 3.05) is 12.0 Å². The average Bonchev–Trinajstić information content (AvgIpc) is 2.19. The molecule has 0 spiro atoms. The van der Waals surface area contributed by atoms with Crippen LogP contribution in [0.5, 0.6) is 0 Å². The van der Waals surface area contributed by atoms with Gasteiger partial charge in [0.1, 0.15) is 11.7 Å². The van der Waals surface area contributed by atoms with Gasteiger partial charge >= 0.3 is 0 Å². The van der Waals surface area contributed by atoms with Crippen LogP contribution in [-0.4, -0.2) is 17.6 Å². The van der Waals surface area contributed by atoms with Crippen LogP contribution in [-0.2, 0) is 4.74 Å². The number of ether oxygens (including phenoxy) is 1. The Kier molecular flexibility index (Phi) is 4.86. The van der Waals surface area contributed by atoms with Gasteiger partial charge in [-0.2, -0.15) is 11.8 Å². The standard InChI is InChI=1S/C10H12OS2/c1-13-7-10(11-8-12)9-5-3-2-4-6-9/h2-6,8,10H,7H2,1H3. The fraction of sp³-hybridized carbons (Fsp3) is 0.300. The van der Waals surface area contributed by atoms with Crippen LogP contribution in [0, 0.1) is 0 Å². The fourth-order valence-corrected chi connectivity index (χ4v) is 1.81. The summed E-state index contributed by atoms with van der Waals surface area (Å²) < 4.78 is 5.34. The molecule has 0 N–H and O–H groups in total. The number of hydrogen-bond acceptors (Lipinski definition) is 3. The Morgan fingerprint density at radius 2 is 2.15 bits per heavy atom. The van der Waals surface area contributed by atoms with E-state index in [0.717, 1.165) is 5.75 Å². The molecule has 0 aliphatic carbocycles. The lowest BCUT2D eigenvalue weighted by Crippen LogP contribution is -2.04. The van der Waals surface area contributed by atoms with Gasteiger partial charge in [0.2, 0.25) is 0 Å². The molecule has 0 fully saturated rings. The highest BCUT2D eigenvalue weighted by Crippen LogP contribution is 2.19. The second-order valence-electron chi connectivity index (χ2n) is 2.59. The summed E-state index contributed by atoms with van der Waals surface area (Å²) in [7, 11) is 0. The van der Waals surface area contributed by atoms with Gasteiger partial charge in [-0.1, -0.05) is 30.3 Å². The van der Waals surface area contributed by atoms with Gasteiger partial charge in [0.05, 0.1) is 0 Å². The second kappa shape index (κ2) is 6.00. The summed E-state index contributed by atoms with van der Waals surface area (Å²) in [5, 5.41) is 0. The van der Waals surface area contributed by atoms with Crippen molar-refractivity contribution in [3.8, 4) is 0 Å². The molecule has 0 radical (unpaired) electrons. The zero-order valence-corrected chi connectivity index (χ0v) is 9.11. The fourth-order valence-electron chi connectivity index (χ4n) is 1.10. The van der Waals surface area contributed by atoms with Gasteiger partial charge in [0.15, 0.2) is 0 Å². The molecule has 1 unspecified atom stereocenters. The highest BCUT2D eigenvalue weighted by atomic mass is 32.2. The molecule has 0 aliphatic rings. The van der Waals surface area contributed by atoms with Crippen molar-refractivity contribution in [3.05, 3.63) is 35.9 Å². The van der Waals surface area contributed by atoms with E-state index in [-0.39, 0.29) is 6.10 Å². The zero-order chi connectivity index (χ0) is 9.52. The van der Waals surface area contributed by atoms with E-state index in [0.29, 0.717) is 0 Å². The van der Waals surface area contributed by atoms with Crippen LogP contribution in [0.2, 0.25) is 0 Å². The van der Waals surface area contributed by atoms with Gasteiger partial charge in [-0.25, -0.2) is 0 Å². The van der Waals surface area contributed by atoms with Crippen LogP contribution < -0.4 is 0 Å². The highest BCUT2D eigenvalue weighted by Gasteiger charge is 2.09. The van der Waals surface area contributed by atoms with Gasteiger partial charge < -0.3 is 4.74 Å². The quantitative estimate of drug-likeness (QED) is 0.694. The summed E-state index contributed by atoms with van der Waals surface area (Å²) >= 11 is 6.44. The second-order valence-corrected chi connectivity index (χ2v) is 3.69. The third kappa shape index (κ3) is 3.36. The van der Waals surface area contributed by atoms with E-state index in [2.05, 4.69) is 30.6 Å². The van der Waals surface area contributed by atoms with Crippen molar-refractivity contribution in [1.29, 1.82) is 0 Å². The molecule has 3 heteroatoms. The first-order valence-corrected chi connectivity index (χ1v) is 5.88. The van der Waals surface area contributed by atoms with E-state index in [4.69, 9.17) is 4.74 Å². The molecule has 13 heavy (non-hydrogen) atoms. The number of thiocarbonyl (C=S) groups is 1. The number of thioether (sulfide) groups is 1. The van der Waals surface area contributed by atoms with Gasteiger partial charge in [-0.15, -0.1) is 0 Å². The Morgan fingerprint density at radius 1 is 1.46 bits per heavy atom. The van der Waals surface area contributed by atoms with Crippen molar-refractivity contribution in [3.63, 3.8) is 0 Å². The molecule has 0 aromatic heterocycles. The summed E-state index contributed by atoms with van der Waals surface area (Å²) in [6.45, 7) is 0. The first kappa shape index (κ1) is 10.5. The van der Waals surface area contributed by atoms with Crippen molar-refractivity contribution in [2.24, 2.45) is 0 Å². The lowest BCUT2D eigenvalue weighted by molar-refractivity contribution is 0.236. The normalized spacial score (nSPS) is 12.1. The molecular weight excluding hydrogens is 200 g/mol. The molecule has 0 saturated carbocycles. The lowest BCUT2D eigenvalue weighted by atomic mass is 10.1. The van der Waals surface area contributed by atoms with Crippen molar-refractivity contribution < 1.29 is 4.74 Å². The van der Waals surface area contributed by atoms with E-state index < -0.39 is 0 Å². The Hall–Kier alpha value is -0.540. The highest BCUT2D eigenvalue weighted by molar-refractivity contribution is 7.98. The molecule has 0 heterocycles. The minimum absolute atomic E-state index is 0.0914. The summed E-state index contributed by atoms with van der Waals surface area (Å²) in [6.07, 6.45) is 2.15. The van der Waals surface area contributed by atoms with Crippen molar-refractivity contribution >= 4 is 29.5 Å². The maximum absolute atomic E-state index is 5.34. The number of hydrogen-bond donors (Lipinski definition) is 0. The third-order valence-electron chi connectivity index (χ3n) is 1.71. The van der Waals surface area contributed by atoms with Crippen LogP contribution in [0.3, 0.4) is 0 Å². The van der Waals surface area contributed by atoms with Crippen molar-refractivity contribution in [2.45, 2.75) is 6.10 Å². The summed E-state index contributed by atoms with van der Waals surface area (Å²) in [4.78, 5) is 0. The van der Waals surface area contributed by atoms with Crippen LogP contribution >= 0.6 is 24.0 Å². The van der Waals surface area contributed by atoms with Crippen LogP contribution in [0.25, 0.3) is 0 Å². The predicted octanol–water partition coefficient (Wildman–Crippen LogP) is 3.06. The Morgan fingerprint density at radius 3 is 2.69 bits per heavy atom. The van der Waals surface area contributed by atoms with Gasteiger partial charge in [0, 0.05) is 5.75 Å². The largest absolute Gasteiger partial charge is 0.481 e. The molecular formula is C10H12OS2. The zero-order valence-electron chi connectivity index (χ0n) is 7.47. The first-order chi connectivity index (χ1) is 6.38. The minimum atomic E-state index is 0.0914. The molecule has 1 aromatic rings. The van der Waals surface area contributed by atoms with E-state index in [1.807, 2.05) is 18.2 Å². The smallest absolute Gasteiger partial charge is 0.147 e. The topological polar surface area (TPSA) is 9.23 Å². The Balaban J connectivity index is 2.69. The maximum Gasteiger partial charge on any atom is 0.147 e. The number of rotatable bonds is 5. The summed E-state index contributed by atoms with van der Waals surface area (Å²) in [5.74, 6) is 0.928. The molecule has 0 bridgehead atoms. The van der Waals surface area contributed by atoms with Gasteiger partial charge in [0.25, 0.3) is 0 Å². The van der Waals surface area contributed by atoms with Crippen LogP contribution in [0.15, 0.2) is 30.3 Å². The average molecular weight is 212 g/mol. The minimum Gasteiger partial charge on any atom is -0.481 e. The summed E-state index contributed by atoms with van der Waals surface area (Å²) in [5.41, 5.74) is 2.52. The maximum atomic E-state index is 5.34. The van der Waals surface area contributed by atoms with Crippen LogP contribution in [0.1, 0.15) is 11.7 Å². The Labute approximate surface area is 88.5 Å². The van der Waals surface area contributed by atoms with Crippen molar-refractivity contribution in [1.82, 2.24) is 0 Å². The molecule has 70 valence electrons. The van der Waals surface area contributed by atoms with Gasteiger partial charge in [-0.05, 0) is 24.0 Å². The molecule has 0 amide bonds. The third-order valence-corrected chi connectivity index (χ3v) is 2.46. The first-order valence-electron chi connectivity index (χ1n) is 4.01. The molecule has 1 aromatic carbocycles. The summed E-state index contributed by atoms with van der Waals surface area (Å²) in [6, 6.07) is 10.1. The van der Waals surface area contributed by atoms with Crippen LogP contribution in [0.4, 0.5) is 0 Å². The van der Waals surface area contributed by atoms with E-state index >= 15 is 0 Å². The molecule has 1 nitrogen and oxygen atoms in total. The lowest BCUT2D eigenvalue weighted by Gasteiger charge is -2.14. The van der Waals surface area contributed by atoms with E-state index in [1.54, 1.807) is 11.8 Å². The number of benzene rings is 1. The predicted molar refractivity (Wildman–Crippen MR) is 62.3 cm³/mol. The van der Waals surface area contributed by atoms with E-state index in [1.165, 1.54) is 11.1 Å². The SMILES string of the molecule is CSCC(OC=S)c1ccccc1.